The Morgan fingerprint density at radius 1 is 1.00 bits per heavy atom. The number of allylic oxidation sites excluding steroid dienone is 1. The molecule has 0 atom stereocenters. The van der Waals surface area contributed by atoms with Crippen LogP contribution in [-0.4, -0.2) is 62.9 Å². The van der Waals surface area contributed by atoms with Crippen LogP contribution in [0.15, 0.2) is 12.2 Å². The van der Waals surface area contributed by atoms with Crippen molar-refractivity contribution < 1.29 is 23.9 Å². The van der Waals surface area contributed by atoms with Crippen molar-refractivity contribution in [3.63, 3.8) is 0 Å². The lowest BCUT2D eigenvalue weighted by Crippen LogP contribution is -2.29. The standard InChI is InChI=1S/C12H19NO5.C6H14/c1-11(15)10-18-9-8-17-7-5-13(2)12(16)4-3-6-14;1-3-5-6-4-2/h3-4,6H,5,7-10H2,1-2H3;3-6H2,1-2H3/b4-3-;. The fourth-order valence-corrected chi connectivity index (χ4v) is 1.50. The molecule has 0 saturated carbocycles. The molecule has 0 aliphatic heterocycles. The third kappa shape index (κ3) is 20.5. The summed E-state index contributed by atoms with van der Waals surface area (Å²) in [6.07, 6.45) is 8.43. The van der Waals surface area contributed by atoms with Gasteiger partial charge in [-0.2, -0.15) is 0 Å². The van der Waals surface area contributed by atoms with Gasteiger partial charge in [0.1, 0.15) is 12.9 Å². The zero-order valence-corrected chi connectivity index (χ0v) is 15.6. The Morgan fingerprint density at radius 2 is 1.58 bits per heavy atom. The summed E-state index contributed by atoms with van der Waals surface area (Å²) in [7, 11) is 1.62. The minimum absolute atomic E-state index is 0.0257. The van der Waals surface area contributed by atoms with Gasteiger partial charge in [0.05, 0.1) is 19.8 Å². The van der Waals surface area contributed by atoms with Crippen molar-refractivity contribution in [1.82, 2.24) is 4.90 Å². The summed E-state index contributed by atoms with van der Waals surface area (Å²) in [5.74, 6) is -0.277. The fraction of sp³-hybridized carbons (Fsp3) is 0.722. The Morgan fingerprint density at radius 3 is 2.08 bits per heavy atom. The lowest BCUT2D eigenvalue weighted by Gasteiger charge is -2.14. The van der Waals surface area contributed by atoms with Gasteiger partial charge in [0.2, 0.25) is 5.91 Å². The molecule has 1 amide bonds. The predicted octanol–water partition coefficient (Wildman–Crippen LogP) is 2.41. The molecule has 0 saturated heterocycles. The number of hydrogen-bond acceptors (Lipinski definition) is 5. The summed E-state index contributed by atoms with van der Waals surface area (Å²) in [5.41, 5.74) is 0. The summed E-state index contributed by atoms with van der Waals surface area (Å²) in [5, 5.41) is 0. The van der Waals surface area contributed by atoms with Crippen LogP contribution in [0, 0.1) is 0 Å². The zero-order valence-electron chi connectivity index (χ0n) is 15.6. The van der Waals surface area contributed by atoms with Crippen molar-refractivity contribution in [3.8, 4) is 0 Å². The molecule has 6 heteroatoms. The maximum Gasteiger partial charge on any atom is 0.246 e. The molecule has 0 aromatic carbocycles. The average Bonchev–Trinajstić information content (AvgIpc) is 2.56. The van der Waals surface area contributed by atoms with Gasteiger partial charge in [-0.05, 0) is 13.0 Å². The number of unbranched alkanes of at least 4 members (excludes halogenated alkanes) is 3. The summed E-state index contributed by atoms with van der Waals surface area (Å²) in [4.78, 5) is 33.3. The molecule has 0 aliphatic carbocycles. The lowest BCUT2D eigenvalue weighted by atomic mass is 10.2. The molecule has 0 rings (SSSR count). The first-order valence-corrected chi connectivity index (χ1v) is 8.51. The number of carbonyl (C=O) groups is 3. The van der Waals surface area contributed by atoms with E-state index in [2.05, 4.69) is 13.8 Å². The number of carbonyl (C=O) groups excluding carboxylic acids is 3. The van der Waals surface area contributed by atoms with E-state index in [0.717, 1.165) is 6.08 Å². The second-order valence-electron chi connectivity index (χ2n) is 5.33. The number of nitrogens with zero attached hydrogens (tertiary/aromatic N) is 1. The maximum atomic E-state index is 11.3. The van der Waals surface area contributed by atoms with Gasteiger partial charge >= 0.3 is 0 Å². The van der Waals surface area contributed by atoms with E-state index in [0.29, 0.717) is 32.7 Å². The van der Waals surface area contributed by atoms with E-state index in [1.54, 1.807) is 7.05 Å². The number of ketones is 1. The van der Waals surface area contributed by atoms with Gasteiger partial charge in [0, 0.05) is 19.7 Å². The van der Waals surface area contributed by atoms with E-state index in [1.165, 1.54) is 43.6 Å². The molecule has 0 bridgehead atoms. The topological polar surface area (TPSA) is 72.9 Å². The second-order valence-corrected chi connectivity index (χ2v) is 5.33. The maximum absolute atomic E-state index is 11.3. The molecular formula is C18H33NO5. The Bertz CT molecular complexity index is 351. The first kappa shape index (κ1) is 24.7. The van der Waals surface area contributed by atoms with E-state index in [-0.39, 0.29) is 18.3 Å². The normalized spacial score (nSPS) is 10.2. The lowest BCUT2D eigenvalue weighted by molar-refractivity contribution is -0.126. The SMILES string of the molecule is CC(=O)COCCOCCN(C)C(=O)/C=C\C=O.CCCCCC. The van der Waals surface area contributed by atoms with Crippen molar-refractivity contribution in [2.24, 2.45) is 0 Å². The first-order chi connectivity index (χ1) is 11.5. The Hall–Kier alpha value is -1.53. The predicted molar refractivity (Wildman–Crippen MR) is 95.0 cm³/mol. The summed E-state index contributed by atoms with van der Waals surface area (Å²) in [6.45, 7) is 7.54. The third-order valence-electron chi connectivity index (χ3n) is 2.90. The highest BCUT2D eigenvalue weighted by atomic mass is 16.5. The number of amides is 1. The molecule has 0 aromatic heterocycles. The van der Waals surface area contributed by atoms with E-state index in [1.807, 2.05) is 0 Å². The molecule has 0 N–H and O–H groups in total. The summed E-state index contributed by atoms with van der Waals surface area (Å²) >= 11 is 0. The number of ether oxygens (including phenoxy) is 2. The first-order valence-electron chi connectivity index (χ1n) is 8.51. The second kappa shape index (κ2) is 19.5. The number of Topliss-reactive ketones (excluding diaryl/α,β-unsaturated/α-hetero) is 1. The van der Waals surface area contributed by atoms with Crippen LogP contribution in [0.5, 0.6) is 0 Å². The highest BCUT2D eigenvalue weighted by Gasteiger charge is 2.03. The molecule has 0 aliphatic rings. The van der Waals surface area contributed by atoms with Crippen LogP contribution in [-0.2, 0) is 23.9 Å². The molecule has 6 nitrogen and oxygen atoms in total. The monoisotopic (exact) mass is 343 g/mol. The van der Waals surface area contributed by atoms with E-state index >= 15 is 0 Å². The van der Waals surface area contributed by atoms with Gasteiger partial charge in [-0.1, -0.05) is 39.5 Å². The molecule has 24 heavy (non-hydrogen) atoms. The molecule has 0 spiro atoms. The van der Waals surface area contributed by atoms with Gasteiger partial charge in [0.25, 0.3) is 0 Å². The molecule has 0 heterocycles. The number of rotatable bonds is 13. The Labute approximate surface area is 146 Å². The Kier molecular flexibility index (Phi) is 20.1. The largest absolute Gasteiger partial charge is 0.377 e. The summed E-state index contributed by atoms with van der Waals surface area (Å²) < 4.78 is 10.2. The van der Waals surface area contributed by atoms with Gasteiger partial charge in [-0.15, -0.1) is 0 Å². The summed E-state index contributed by atoms with van der Waals surface area (Å²) in [6, 6.07) is 0. The quantitative estimate of drug-likeness (QED) is 0.292. The Balaban J connectivity index is 0. The molecule has 0 aromatic rings. The van der Waals surface area contributed by atoms with Gasteiger partial charge in [-0.25, -0.2) is 0 Å². The van der Waals surface area contributed by atoms with Gasteiger partial charge in [-0.3, -0.25) is 14.4 Å². The third-order valence-corrected chi connectivity index (χ3v) is 2.90. The number of aldehydes is 1. The molecule has 140 valence electrons. The minimum atomic E-state index is -0.251. The van der Waals surface area contributed by atoms with Crippen LogP contribution in [0.1, 0.15) is 46.5 Å². The number of hydrogen-bond donors (Lipinski definition) is 0. The smallest absolute Gasteiger partial charge is 0.246 e. The highest BCUT2D eigenvalue weighted by molar-refractivity contribution is 5.90. The fourth-order valence-electron chi connectivity index (χ4n) is 1.50. The van der Waals surface area contributed by atoms with Crippen LogP contribution in [0.4, 0.5) is 0 Å². The zero-order chi connectivity index (χ0) is 18.6. The van der Waals surface area contributed by atoms with Crippen LogP contribution in [0.25, 0.3) is 0 Å². The van der Waals surface area contributed by atoms with Crippen molar-refractivity contribution in [3.05, 3.63) is 12.2 Å². The van der Waals surface area contributed by atoms with Crippen molar-refractivity contribution in [2.75, 3.05) is 40.0 Å². The highest BCUT2D eigenvalue weighted by Crippen LogP contribution is 1.95. The van der Waals surface area contributed by atoms with Gasteiger partial charge < -0.3 is 14.4 Å². The molecule has 0 unspecified atom stereocenters. The van der Waals surface area contributed by atoms with Crippen molar-refractivity contribution in [1.29, 1.82) is 0 Å². The molecule has 0 radical (unpaired) electrons. The van der Waals surface area contributed by atoms with E-state index in [4.69, 9.17) is 9.47 Å². The van der Waals surface area contributed by atoms with Crippen LogP contribution < -0.4 is 0 Å². The van der Waals surface area contributed by atoms with E-state index < -0.39 is 0 Å². The van der Waals surface area contributed by atoms with Crippen LogP contribution >= 0.6 is 0 Å². The minimum Gasteiger partial charge on any atom is -0.377 e. The van der Waals surface area contributed by atoms with Crippen LogP contribution in [0.2, 0.25) is 0 Å². The molecule has 0 fully saturated rings. The van der Waals surface area contributed by atoms with E-state index in [9.17, 15) is 14.4 Å². The van der Waals surface area contributed by atoms with Gasteiger partial charge in [0.15, 0.2) is 5.78 Å². The average molecular weight is 343 g/mol. The van der Waals surface area contributed by atoms with Crippen LogP contribution in [0.3, 0.4) is 0 Å². The number of likely N-dealkylation sites (N-methyl/N-ethyl adjacent to an activating group) is 1. The van der Waals surface area contributed by atoms with Crippen molar-refractivity contribution in [2.45, 2.75) is 46.5 Å². The molecular weight excluding hydrogens is 310 g/mol. The van der Waals surface area contributed by atoms with Crippen molar-refractivity contribution >= 4 is 18.0 Å².